The van der Waals surface area contributed by atoms with Crippen molar-refractivity contribution in [2.75, 3.05) is 13.1 Å². The van der Waals surface area contributed by atoms with Crippen molar-refractivity contribution in [1.29, 1.82) is 5.26 Å². The first-order valence-corrected chi connectivity index (χ1v) is 15.1. The van der Waals surface area contributed by atoms with Crippen LogP contribution in [0.5, 0.6) is 0 Å². The fourth-order valence-corrected chi connectivity index (χ4v) is 7.24. The summed E-state index contributed by atoms with van der Waals surface area (Å²) in [6, 6.07) is 11.4. The van der Waals surface area contributed by atoms with E-state index >= 15 is 0 Å². The Kier molecular flexibility index (Phi) is 8.05. The van der Waals surface area contributed by atoms with Crippen LogP contribution in [-0.4, -0.2) is 38.2 Å². The Morgan fingerprint density at radius 3 is 2.56 bits per heavy atom. The Labute approximate surface area is 260 Å². The van der Waals surface area contributed by atoms with Crippen LogP contribution in [0.2, 0.25) is 5.02 Å². The number of alkyl halides is 5. The highest BCUT2D eigenvalue weighted by Gasteiger charge is 2.37. The molecule has 0 saturated carbocycles. The first-order valence-electron chi connectivity index (χ1n) is 13.9. The first-order chi connectivity index (χ1) is 21.4. The van der Waals surface area contributed by atoms with Gasteiger partial charge in [-0.25, -0.2) is 13.6 Å². The van der Waals surface area contributed by atoms with Crippen molar-refractivity contribution < 1.29 is 22.0 Å². The monoisotopic (exact) mass is 662 g/mol. The number of nitriles is 1. The zero-order valence-electron chi connectivity index (χ0n) is 23.4. The number of nitrogens with zero attached hydrogens (tertiary/aromatic N) is 5. The van der Waals surface area contributed by atoms with E-state index in [0.29, 0.717) is 49.6 Å². The molecular weight excluding hydrogens is 639 g/mol. The van der Waals surface area contributed by atoms with Crippen molar-refractivity contribution in [1.82, 2.24) is 24.0 Å². The molecule has 0 spiro atoms. The lowest BCUT2D eigenvalue weighted by Gasteiger charge is -2.32. The van der Waals surface area contributed by atoms with Gasteiger partial charge in [0, 0.05) is 51.5 Å². The molecule has 0 atom stereocenters. The van der Waals surface area contributed by atoms with Crippen LogP contribution < -0.4 is 16.6 Å². The van der Waals surface area contributed by atoms with Gasteiger partial charge in [0.05, 0.1) is 40.3 Å². The molecule has 45 heavy (non-hydrogen) atoms. The van der Waals surface area contributed by atoms with Gasteiger partial charge in [-0.15, -0.1) is 11.3 Å². The lowest BCUT2D eigenvalue weighted by molar-refractivity contribution is -0.139. The van der Waals surface area contributed by atoms with Gasteiger partial charge in [0.25, 0.3) is 12.0 Å². The number of nitrogens with one attached hydrogen (secondary N) is 1. The number of rotatable bonds is 7. The maximum absolute atomic E-state index is 13.6. The predicted molar refractivity (Wildman–Crippen MR) is 161 cm³/mol. The summed E-state index contributed by atoms with van der Waals surface area (Å²) in [6.45, 7) is 0.0450. The lowest BCUT2D eigenvalue weighted by atomic mass is 9.80. The van der Waals surface area contributed by atoms with Gasteiger partial charge < -0.3 is 9.88 Å². The minimum absolute atomic E-state index is 0.137. The van der Waals surface area contributed by atoms with Gasteiger partial charge >= 0.3 is 11.9 Å². The van der Waals surface area contributed by atoms with Gasteiger partial charge in [-0.1, -0.05) is 11.6 Å². The van der Waals surface area contributed by atoms with Crippen LogP contribution >= 0.6 is 22.9 Å². The average molecular weight is 663 g/mol. The average Bonchev–Trinajstić information content (AvgIpc) is 3.59. The molecular formula is C30H24ClF5N6O2S. The van der Waals surface area contributed by atoms with Gasteiger partial charge in [0.2, 0.25) is 0 Å². The summed E-state index contributed by atoms with van der Waals surface area (Å²) in [5.74, 6) is 0. The molecule has 1 aromatic carbocycles. The normalized spacial score (nSPS) is 15.2. The van der Waals surface area contributed by atoms with Crippen LogP contribution in [0.4, 0.5) is 22.0 Å². The fraction of sp³-hybridized carbons (Fsp3) is 0.333. The van der Waals surface area contributed by atoms with Crippen LogP contribution in [0, 0.1) is 16.7 Å². The Bertz CT molecular complexity index is 2090. The fourth-order valence-electron chi connectivity index (χ4n) is 5.89. The second-order valence-corrected chi connectivity index (χ2v) is 12.6. The standard InChI is InChI=1S/C30H24ClF5N6O2S/c31-18-9-17-2-8-40(16-29(15-37)3-6-38-7-4-29)25(17)21(10-18)20-1-5-39-23-11-19(45-26(20)23)12-42-27(43)22(30(34,35)36)13-41(28(42)44)14-24(32)33/h1-2,5,8-11,13,24,38H,3-4,6-7,12,14,16H2. The van der Waals surface area contributed by atoms with Crippen LogP contribution in [0.25, 0.3) is 32.2 Å². The molecule has 1 aliphatic rings. The molecule has 1 fully saturated rings. The van der Waals surface area contributed by atoms with Crippen molar-refractivity contribution in [3.8, 4) is 17.2 Å². The molecule has 1 N–H and O–H groups in total. The number of halogens is 6. The topological polar surface area (TPSA) is 97.6 Å². The van der Waals surface area contributed by atoms with Crippen molar-refractivity contribution in [3.05, 3.63) is 85.2 Å². The quantitative estimate of drug-likeness (QED) is 0.212. The number of hydrogen-bond donors (Lipinski definition) is 1. The van der Waals surface area contributed by atoms with Crippen LogP contribution in [-0.2, 0) is 25.8 Å². The summed E-state index contributed by atoms with van der Waals surface area (Å²) in [5.41, 5.74) is -2.45. The van der Waals surface area contributed by atoms with E-state index in [1.165, 1.54) is 0 Å². The molecule has 0 aliphatic carbocycles. The number of fused-ring (bicyclic) bond motifs is 2. The first kappa shape index (κ1) is 30.9. The number of hydrogen-bond acceptors (Lipinski definition) is 6. The van der Waals surface area contributed by atoms with Crippen molar-refractivity contribution in [2.45, 2.75) is 45.1 Å². The molecule has 5 aromatic rings. The number of thiophene rings is 1. The minimum Gasteiger partial charge on any atom is -0.345 e. The number of benzene rings is 1. The summed E-state index contributed by atoms with van der Waals surface area (Å²) in [4.78, 5) is 30.4. The molecule has 0 amide bonds. The van der Waals surface area contributed by atoms with E-state index in [1.54, 1.807) is 24.4 Å². The predicted octanol–water partition coefficient (Wildman–Crippen LogP) is 6.12. The third-order valence-corrected chi connectivity index (χ3v) is 9.40. The van der Waals surface area contributed by atoms with E-state index in [2.05, 4.69) is 16.4 Å². The Balaban J connectivity index is 1.47. The molecule has 15 heteroatoms. The third kappa shape index (κ3) is 5.87. The Hall–Kier alpha value is -4.06. The van der Waals surface area contributed by atoms with E-state index in [9.17, 15) is 36.8 Å². The van der Waals surface area contributed by atoms with E-state index in [0.717, 1.165) is 40.9 Å². The van der Waals surface area contributed by atoms with Crippen LogP contribution in [0.3, 0.4) is 0 Å². The highest BCUT2D eigenvalue weighted by atomic mass is 35.5. The van der Waals surface area contributed by atoms with Gasteiger partial charge in [-0.05, 0) is 56.3 Å². The zero-order chi connectivity index (χ0) is 32.1. The van der Waals surface area contributed by atoms with E-state index < -0.39 is 47.9 Å². The summed E-state index contributed by atoms with van der Waals surface area (Å²) in [6.07, 6.45) is -3.29. The minimum atomic E-state index is -5.16. The Morgan fingerprint density at radius 2 is 1.87 bits per heavy atom. The maximum Gasteiger partial charge on any atom is 0.423 e. The molecule has 6 rings (SSSR count). The number of aromatic nitrogens is 4. The Morgan fingerprint density at radius 1 is 1.11 bits per heavy atom. The molecule has 1 saturated heterocycles. The molecule has 1 aliphatic heterocycles. The summed E-state index contributed by atoms with van der Waals surface area (Å²) in [5, 5.41) is 14.7. The van der Waals surface area contributed by atoms with Crippen molar-refractivity contribution in [2.24, 2.45) is 5.41 Å². The molecule has 4 aromatic heterocycles. The van der Waals surface area contributed by atoms with E-state index in [1.807, 2.05) is 22.9 Å². The summed E-state index contributed by atoms with van der Waals surface area (Å²) >= 11 is 7.64. The van der Waals surface area contributed by atoms with Crippen LogP contribution in [0.1, 0.15) is 23.3 Å². The van der Waals surface area contributed by atoms with Gasteiger partial charge in [-0.3, -0.25) is 18.9 Å². The molecule has 5 heterocycles. The molecule has 8 nitrogen and oxygen atoms in total. The highest BCUT2D eigenvalue weighted by molar-refractivity contribution is 7.19. The maximum atomic E-state index is 13.6. The number of piperidine rings is 1. The third-order valence-electron chi connectivity index (χ3n) is 8.04. The van der Waals surface area contributed by atoms with Crippen LogP contribution in [0.15, 0.2) is 58.5 Å². The van der Waals surface area contributed by atoms with Crippen molar-refractivity contribution >= 4 is 44.1 Å². The number of pyridine rings is 1. The summed E-state index contributed by atoms with van der Waals surface area (Å²) < 4.78 is 70.2. The van der Waals surface area contributed by atoms with Gasteiger partial charge in [0.1, 0.15) is 5.56 Å². The SMILES string of the molecule is N#CC1(Cn2ccc3cc(Cl)cc(-c4ccnc5cc(Cn6c(=O)c(C(F)(F)F)cn(CC(F)F)c6=O)sc45)c32)CCNCC1. The molecule has 234 valence electrons. The van der Waals surface area contributed by atoms with Crippen molar-refractivity contribution in [3.63, 3.8) is 0 Å². The van der Waals surface area contributed by atoms with E-state index in [-0.39, 0.29) is 10.8 Å². The second-order valence-electron chi connectivity index (χ2n) is 11.0. The molecule has 0 radical (unpaired) electrons. The second kappa shape index (κ2) is 11.7. The smallest absolute Gasteiger partial charge is 0.345 e. The van der Waals surface area contributed by atoms with Gasteiger partial charge in [0.15, 0.2) is 0 Å². The summed E-state index contributed by atoms with van der Waals surface area (Å²) in [7, 11) is 0. The molecule has 0 unspecified atom stereocenters. The van der Waals surface area contributed by atoms with E-state index in [4.69, 9.17) is 11.6 Å². The molecule has 0 bridgehead atoms. The highest BCUT2D eigenvalue weighted by Crippen LogP contribution is 2.41. The largest absolute Gasteiger partial charge is 0.423 e. The zero-order valence-corrected chi connectivity index (χ0v) is 24.9. The van der Waals surface area contributed by atoms with Gasteiger partial charge in [-0.2, -0.15) is 18.4 Å². The lowest BCUT2D eigenvalue weighted by Crippen LogP contribution is -2.44.